The Hall–Kier alpha value is -1.77. The number of nitrogens with zero attached hydrogens (tertiary/aromatic N) is 2. The zero-order valence-electron chi connectivity index (χ0n) is 8.75. The summed E-state index contributed by atoms with van der Waals surface area (Å²) < 4.78 is 1.95. The number of carbonyl (C=O) groups is 1. The van der Waals surface area contributed by atoms with Crippen LogP contribution in [0.3, 0.4) is 0 Å². The predicted molar refractivity (Wildman–Crippen MR) is 61.9 cm³/mol. The number of hydrazine groups is 1. The molecule has 3 N–H and O–H groups in total. The highest BCUT2D eigenvalue weighted by Crippen LogP contribution is 2.13. The SMILES string of the molecule is NNOC(=O)CCn1cnc2ccsc2c1=O. The van der Waals surface area contributed by atoms with Gasteiger partial charge in [-0.1, -0.05) is 5.59 Å². The number of hydrogen-bond acceptors (Lipinski definition) is 7. The molecule has 0 aliphatic heterocycles. The fourth-order valence-corrected chi connectivity index (χ4v) is 2.16. The van der Waals surface area contributed by atoms with Gasteiger partial charge < -0.3 is 4.84 Å². The molecule has 2 aromatic heterocycles. The van der Waals surface area contributed by atoms with Crippen LogP contribution in [-0.2, 0) is 16.2 Å². The molecule has 0 aromatic carbocycles. The summed E-state index contributed by atoms with van der Waals surface area (Å²) in [5, 5.41) is 1.80. The minimum atomic E-state index is -0.536. The molecular weight excluding hydrogens is 244 g/mol. The van der Waals surface area contributed by atoms with E-state index in [-0.39, 0.29) is 18.5 Å². The summed E-state index contributed by atoms with van der Waals surface area (Å²) in [5.74, 6) is 4.28. The molecule has 17 heavy (non-hydrogen) atoms. The molecule has 8 heteroatoms. The molecule has 90 valence electrons. The third kappa shape index (κ3) is 2.49. The van der Waals surface area contributed by atoms with Gasteiger partial charge in [0.1, 0.15) is 4.70 Å². The normalized spacial score (nSPS) is 10.6. The van der Waals surface area contributed by atoms with Crippen LogP contribution in [0.15, 0.2) is 22.6 Å². The van der Waals surface area contributed by atoms with Gasteiger partial charge in [0.2, 0.25) is 0 Å². The van der Waals surface area contributed by atoms with Gasteiger partial charge in [-0.25, -0.2) is 10.8 Å². The summed E-state index contributed by atoms with van der Waals surface area (Å²) in [4.78, 5) is 31.4. The first-order valence-electron chi connectivity index (χ1n) is 4.80. The maximum absolute atomic E-state index is 11.9. The van der Waals surface area contributed by atoms with Crippen LogP contribution in [-0.4, -0.2) is 15.5 Å². The Kier molecular flexibility index (Phi) is 3.47. The monoisotopic (exact) mass is 254 g/mol. The van der Waals surface area contributed by atoms with Crippen molar-refractivity contribution in [2.75, 3.05) is 0 Å². The first-order valence-corrected chi connectivity index (χ1v) is 5.68. The minimum absolute atomic E-state index is 0.0443. The number of carbonyl (C=O) groups excluding carboxylic acids is 1. The number of nitrogens with one attached hydrogen (secondary N) is 1. The minimum Gasteiger partial charge on any atom is -0.356 e. The van der Waals surface area contributed by atoms with Crippen LogP contribution in [0.25, 0.3) is 10.2 Å². The van der Waals surface area contributed by atoms with Crippen LogP contribution in [0, 0.1) is 0 Å². The van der Waals surface area contributed by atoms with Crippen LogP contribution in [0.5, 0.6) is 0 Å². The van der Waals surface area contributed by atoms with Crippen molar-refractivity contribution in [1.82, 2.24) is 15.1 Å². The standard InChI is InChI=1S/C9H10N4O3S/c10-12-16-7(14)1-3-13-5-11-6-2-4-17-8(6)9(13)15/h2,4-5,12H,1,3,10H2. The van der Waals surface area contributed by atoms with Crippen LogP contribution >= 0.6 is 11.3 Å². The lowest BCUT2D eigenvalue weighted by atomic mass is 10.4. The largest absolute Gasteiger partial charge is 0.356 e. The van der Waals surface area contributed by atoms with Gasteiger partial charge in [0.05, 0.1) is 18.3 Å². The molecule has 7 nitrogen and oxygen atoms in total. The summed E-state index contributed by atoms with van der Waals surface area (Å²) in [7, 11) is 0. The topological polar surface area (TPSA) is 99.2 Å². The second kappa shape index (κ2) is 5.04. The number of aromatic nitrogens is 2. The van der Waals surface area contributed by atoms with Gasteiger partial charge in [-0.3, -0.25) is 14.2 Å². The second-order valence-electron chi connectivity index (χ2n) is 3.22. The van der Waals surface area contributed by atoms with E-state index in [2.05, 4.69) is 9.82 Å². The van der Waals surface area contributed by atoms with Crippen molar-refractivity contribution >= 4 is 27.5 Å². The van der Waals surface area contributed by atoms with Crippen LogP contribution in [0.4, 0.5) is 0 Å². The van der Waals surface area contributed by atoms with E-state index in [4.69, 9.17) is 5.84 Å². The Morgan fingerprint density at radius 2 is 2.47 bits per heavy atom. The molecule has 2 heterocycles. The third-order valence-electron chi connectivity index (χ3n) is 2.17. The van der Waals surface area contributed by atoms with E-state index in [9.17, 15) is 9.59 Å². The Morgan fingerprint density at radius 3 is 3.24 bits per heavy atom. The summed E-state index contributed by atoms with van der Waals surface area (Å²) in [5.41, 5.74) is 2.31. The maximum Gasteiger partial charge on any atom is 0.328 e. The van der Waals surface area contributed by atoms with Gasteiger partial charge in [-0.2, -0.15) is 0 Å². The molecule has 2 rings (SSSR count). The van der Waals surface area contributed by atoms with E-state index in [0.29, 0.717) is 10.2 Å². The Labute approximate surface area is 99.7 Å². The molecule has 0 radical (unpaired) electrons. The number of rotatable bonds is 4. The van der Waals surface area contributed by atoms with Crippen molar-refractivity contribution in [3.63, 3.8) is 0 Å². The smallest absolute Gasteiger partial charge is 0.328 e. The lowest BCUT2D eigenvalue weighted by Gasteiger charge is -2.04. The molecule has 0 fully saturated rings. The number of nitrogens with two attached hydrogens (primary N) is 1. The molecular formula is C9H10N4O3S. The highest BCUT2D eigenvalue weighted by Gasteiger charge is 2.07. The summed E-state index contributed by atoms with van der Waals surface area (Å²) in [6.45, 7) is 0.209. The maximum atomic E-state index is 11.9. The van der Waals surface area contributed by atoms with Crippen molar-refractivity contribution < 1.29 is 9.63 Å². The second-order valence-corrected chi connectivity index (χ2v) is 4.14. The zero-order chi connectivity index (χ0) is 12.3. The molecule has 0 saturated heterocycles. The summed E-state index contributed by atoms with van der Waals surface area (Å²) in [6.07, 6.45) is 1.46. The fraction of sp³-hybridized carbons (Fsp3) is 0.222. The van der Waals surface area contributed by atoms with Gasteiger partial charge >= 0.3 is 5.97 Å². The molecule has 0 saturated carbocycles. The molecule has 0 bridgehead atoms. The number of thiophene rings is 1. The van der Waals surface area contributed by atoms with E-state index >= 15 is 0 Å². The van der Waals surface area contributed by atoms with Gasteiger partial charge in [0, 0.05) is 6.54 Å². The van der Waals surface area contributed by atoms with Crippen molar-refractivity contribution in [2.24, 2.45) is 5.84 Å². The predicted octanol–water partition coefficient (Wildman–Crippen LogP) is -0.230. The summed E-state index contributed by atoms with van der Waals surface area (Å²) in [6, 6.07) is 1.78. The quantitative estimate of drug-likeness (QED) is 0.577. The molecule has 0 atom stereocenters. The Balaban J connectivity index is 2.16. The lowest BCUT2D eigenvalue weighted by Crippen LogP contribution is -2.28. The first kappa shape index (κ1) is 11.7. The molecule has 0 unspecified atom stereocenters. The van der Waals surface area contributed by atoms with Gasteiger partial charge in [0.15, 0.2) is 0 Å². The number of hydrogen-bond donors (Lipinski definition) is 2. The molecule has 2 aromatic rings. The summed E-state index contributed by atoms with van der Waals surface area (Å²) >= 11 is 1.33. The molecule has 0 aliphatic rings. The highest BCUT2D eigenvalue weighted by atomic mass is 32.1. The molecule has 0 amide bonds. The van der Waals surface area contributed by atoms with E-state index in [1.807, 2.05) is 0 Å². The van der Waals surface area contributed by atoms with E-state index < -0.39 is 5.97 Å². The van der Waals surface area contributed by atoms with E-state index in [1.54, 1.807) is 17.0 Å². The van der Waals surface area contributed by atoms with Crippen molar-refractivity contribution in [1.29, 1.82) is 0 Å². The Morgan fingerprint density at radius 1 is 1.65 bits per heavy atom. The van der Waals surface area contributed by atoms with Crippen molar-refractivity contribution in [2.45, 2.75) is 13.0 Å². The lowest BCUT2D eigenvalue weighted by molar-refractivity contribution is -0.151. The highest BCUT2D eigenvalue weighted by molar-refractivity contribution is 7.17. The van der Waals surface area contributed by atoms with Crippen LogP contribution < -0.4 is 17.0 Å². The average molecular weight is 254 g/mol. The third-order valence-corrected chi connectivity index (χ3v) is 3.06. The van der Waals surface area contributed by atoms with Gasteiger partial charge in [-0.05, 0) is 11.4 Å². The number of aryl methyl sites for hydroxylation is 1. The molecule has 0 aliphatic carbocycles. The van der Waals surface area contributed by atoms with Crippen molar-refractivity contribution in [3.8, 4) is 0 Å². The van der Waals surface area contributed by atoms with Crippen LogP contribution in [0.2, 0.25) is 0 Å². The zero-order valence-corrected chi connectivity index (χ0v) is 9.57. The van der Waals surface area contributed by atoms with Gasteiger partial charge in [-0.15, -0.1) is 11.3 Å². The Bertz CT molecular complexity index is 591. The number of fused-ring (bicyclic) bond motifs is 1. The van der Waals surface area contributed by atoms with Gasteiger partial charge in [0.25, 0.3) is 5.56 Å². The fourth-order valence-electron chi connectivity index (χ4n) is 1.37. The van der Waals surface area contributed by atoms with Crippen LogP contribution in [0.1, 0.15) is 6.42 Å². The average Bonchev–Trinajstić information content (AvgIpc) is 2.77. The van der Waals surface area contributed by atoms with E-state index in [1.165, 1.54) is 22.2 Å². The van der Waals surface area contributed by atoms with E-state index in [0.717, 1.165) is 0 Å². The molecule has 0 spiro atoms. The first-order chi connectivity index (χ1) is 8.22. The van der Waals surface area contributed by atoms with Crippen molar-refractivity contribution in [3.05, 3.63) is 28.1 Å².